The van der Waals surface area contributed by atoms with Crippen LogP contribution in [0.2, 0.25) is 5.02 Å². The van der Waals surface area contributed by atoms with Gasteiger partial charge in [-0.15, -0.1) is 0 Å². The fourth-order valence-electron chi connectivity index (χ4n) is 3.58. The summed E-state index contributed by atoms with van der Waals surface area (Å²) in [6.07, 6.45) is 0. The Bertz CT molecular complexity index is 1390. The number of nitrogens with zero attached hydrogens (tertiary/aromatic N) is 1. The van der Waals surface area contributed by atoms with E-state index in [1.54, 1.807) is 44.6 Å². The van der Waals surface area contributed by atoms with Crippen LogP contribution in [0.5, 0.6) is 11.5 Å². The molecule has 1 amide bonds. The van der Waals surface area contributed by atoms with Gasteiger partial charge in [-0.25, -0.2) is 9.78 Å². The summed E-state index contributed by atoms with van der Waals surface area (Å²) < 4.78 is 16.0. The molecule has 1 N–H and O–H groups in total. The van der Waals surface area contributed by atoms with Crippen molar-refractivity contribution in [3.05, 3.63) is 88.9 Å². The molecule has 0 aliphatic carbocycles. The van der Waals surface area contributed by atoms with Crippen LogP contribution in [-0.2, 0) is 16.1 Å². The Hall–Kier alpha value is -4.10. The number of methoxy groups -OCH3 is 2. The Balaban J connectivity index is 1.54. The quantitative estimate of drug-likeness (QED) is 0.348. The van der Waals surface area contributed by atoms with Crippen molar-refractivity contribution >= 4 is 34.4 Å². The summed E-state index contributed by atoms with van der Waals surface area (Å²) in [5.74, 6) is 0.0636. The minimum atomic E-state index is -0.627. The van der Waals surface area contributed by atoms with Crippen molar-refractivity contribution < 1.29 is 23.8 Å². The van der Waals surface area contributed by atoms with Crippen LogP contribution in [0.25, 0.3) is 22.2 Å². The maximum absolute atomic E-state index is 13.0. The lowest BCUT2D eigenvalue weighted by Crippen LogP contribution is -2.28. The van der Waals surface area contributed by atoms with Crippen molar-refractivity contribution in [3.63, 3.8) is 0 Å². The Morgan fingerprint density at radius 1 is 0.914 bits per heavy atom. The molecule has 0 aliphatic rings. The monoisotopic (exact) mass is 490 g/mol. The van der Waals surface area contributed by atoms with Crippen molar-refractivity contribution in [3.8, 4) is 22.8 Å². The minimum Gasteiger partial charge on any atom is -0.493 e. The highest BCUT2D eigenvalue weighted by Gasteiger charge is 2.17. The number of para-hydroxylation sites is 1. The number of pyridine rings is 1. The molecule has 0 spiro atoms. The molecule has 7 nitrogen and oxygen atoms in total. The summed E-state index contributed by atoms with van der Waals surface area (Å²) in [6, 6.07) is 21.5. The molecule has 0 fully saturated rings. The number of carbonyl (C=O) groups is 2. The fourth-order valence-corrected chi connectivity index (χ4v) is 3.79. The van der Waals surface area contributed by atoms with Crippen LogP contribution in [0.3, 0.4) is 0 Å². The number of ether oxygens (including phenoxy) is 3. The number of esters is 1. The van der Waals surface area contributed by atoms with E-state index in [1.165, 1.54) is 0 Å². The lowest BCUT2D eigenvalue weighted by Gasteiger charge is -2.12. The number of aromatic nitrogens is 1. The predicted octanol–water partition coefficient (Wildman–Crippen LogP) is 5.05. The highest BCUT2D eigenvalue weighted by atomic mass is 35.5. The van der Waals surface area contributed by atoms with Gasteiger partial charge >= 0.3 is 5.97 Å². The standard InChI is InChI=1S/C27H23ClN2O5/c1-33-24-12-11-17(13-25(24)34-2)23-14-20(19-8-4-6-10-22(19)30-23)27(32)35-16-26(31)29-15-18-7-3-5-9-21(18)28/h3-14H,15-16H2,1-2H3,(H,29,31). The van der Waals surface area contributed by atoms with Gasteiger partial charge in [0.2, 0.25) is 0 Å². The number of nitrogens with one attached hydrogen (secondary N) is 1. The van der Waals surface area contributed by atoms with Gasteiger partial charge in [-0.05, 0) is 42.0 Å². The molecule has 1 aromatic heterocycles. The summed E-state index contributed by atoms with van der Waals surface area (Å²) in [5, 5.41) is 3.88. The molecule has 35 heavy (non-hydrogen) atoms. The van der Waals surface area contributed by atoms with E-state index in [2.05, 4.69) is 10.3 Å². The maximum atomic E-state index is 13.0. The van der Waals surface area contributed by atoms with E-state index in [0.717, 1.165) is 11.1 Å². The molecule has 4 rings (SSSR count). The summed E-state index contributed by atoms with van der Waals surface area (Å²) in [5.41, 5.74) is 2.99. The Morgan fingerprint density at radius 3 is 2.43 bits per heavy atom. The zero-order chi connectivity index (χ0) is 24.8. The molecule has 0 aliphatic heterocycles. The molecule has 0 saturated carbocycles. The average Bonchev–Trinajstić information content (AvgIpc) is 2.90. The SMILES string of the molecule is COc1ccc(-c2cc(C(=O)OCC(=O)NCc3ccccc3Cl)c3ccccc3n2)cc1OC. The van der Waals surface area contributed by atoms with Crippen LogP contribution in [0, 0.1) is 0 Å². The van der Waals surface area contributed by atoms with E-state index in [-0.39, 0.29) is 6.54 Å². The number of hydrogen-bond acceptors (Lipinski definition) is 6. The van der Waals surface area contributed by atoms with Gasteiger partial charge in [-0.3, -0.25) is 4.79 Å². The van der Waals surface area contributed by atoms with Crippen LogP contribution < -0.4 is 14.8 Å². The van der Waals surface area contributed by atoms with Gasteiger partial charge < -0.3 is 19.5 Å². The van der Waals surface area contributed by atoms with E-state index in [4.69, 9.17) is 25.8 Å². The summed E-state index contributed by atoms with van der Waals surface area (Å²) >= 11 is 6.11. The molecule has 0 atom stereocenters. The Labute approximate surface area is 207 Å². The van der Waals surface area contributed by atoms with E-state index < -0.39 is 18.5 Å². The first-order chi connectivity index (χ1) is 17.0. The number of fused-ring (bicyclic) bond motifs is 1. The molecule has 178 valence electrons. The zero-order valence-corrected chi connectivity index (χ0v) is 20.0. The van der Waals surface area contributed by atoms with Crippen LogP contribution >= 0.6 is 11.6 Å². The van der Waals surface area contributed by atoms with Gasteiger partial charge in [0.25, 0.3) is 5.91 Å². The van der Waals surface area contributed by atoms with Crippen molar-refractivity contribution in [2.75, 3.05) is 20.8 Å². The molecular weight excluding hydrogens is 468 g/mol. The van der Waals surface area contributed by atoms with E-state index in [9.17, 15) is 9.59 Å². The number of hydrogen-bond donors (Lipinski definition) is 1. The van der Waals surface area contributed by atoms with E-state index in [1.807, 2.05) is 42.5 Å². The highest BCUT2D eigenvalue weighted by molar-refractivity contribution is 6.31. The van der Waals surface area contributed by atoms with Crippen molar-refractivity contribution in [2.45, 2.75) is 6.54 Å². The van der Waals surface area contributed by atoms with Gasteiger partial charge in [0.1, 0.15) is 0 Å². The average molecular weight is 491 g/mol. The number of carbonyl (C=O) groups excluding carboxylic acids is 2. The second-order valence-corrected chi connectivity index (χ2v) is 7.99. The number of halogens is 1. The summed E-state index contributed by atoms with van der Waals surface area (Å²) in [7, 11) is 3.11. The second kappa shape index (κ2) is 10.9. The smallest absolute Gasteiger partial charge is 0.339 e. The van der Waals surface area contributed by atoms with E-state index >= 15 is 0 Å². The first kappa shape index (κ1) is 24.0. The molecule has 4 aromatic rings. The molecule has 1 heterocycles. The van der Waals surface area contributed by atoms with Crippen LogP contribution in [0.4, 0.5) is 0 Å². The third-order valence-corrected chi connectivity index (χ3v) is 5.75. The summed E-state index contributed by atoms with van der Waals surface area (Å²) in [4.78, 5) is 30.0. The molecule has 0 saturated heterocycles. The van der Waals surface area contributed by atoms with Crippen LogP contribution in [-0.4, -0.2) is 37.7 Å². The van der Waals surface area contributed by atoms with Gasteiger partial charge in [0.05, 0.1) is 31.0 Å². The Morgan fingerprint density at radius 2 is 1.66 bits per heavy atom. The first-order valence-electron chi connectivity index (χ1n) is 10.8. The molecular formula is C27H23ClN2O5. The fraction of sp³-hybridized carbons (Fsp3) is 0.148. The number of rotatable bonds is 8. The highest BCUT2D eigenvalue weighted by Crippen LogP contribution is 2.33. The molecule has 0 radical (unpaired) electrons. The number of amides is 1. The van der Waals surface area contributed by atoms with Crippen molar-refractivity contribution in [1.82, 2.24) is 10.3 Å². The van der Waals surface area contributed by atoms with E-state index in [0.29, 0.717) is 38.7 Å². The third-order valence-electron chi connectivity index (χ3n) is 5.38. The van der Waals surface area contributed by atoms with Crippen LogP contribution in [0.15, 0.2) is 72.8 Å². The molecule has 0 unspecified atom stereocenters. The van der Waals surface area contributed by atoms with Crippen molar-refractivity contribution in [2.24, 2.45) is 0 Å². The van der Waals surface area contributed by atoms with Gasteiger partial charge in [-0.2, -0.15) is 0 Å². The minimum absolute atomic E-state index is 0.234. The lowest BCUT2D eigenvalue weighted by molar-refractivity contribution is -0.124. The predicted molar refractivity (Wildman–Crippen MR) is 134 cm³/mol. The maximum Gasteiger partial charge on any atom is 0.339 e. The van der Waals surface area contributed by atoms with Gasteiger partial charge in [0.15, 0.2) is 18.1 Å². The summed E-state index contributed by atoms with van der Waals surface area (Å²) in [6.45, 7) is -0.191. The largest absolute Gasteiger partial charge is 0.493 e. The van der Waals surface area contributed by atoms with Crippen molar-refractivity contribution in [1.29, 1.82) is 0 Å². The third kappa shape index (κ3) is 5.53. The normalized spacial score (nSPS) is 10.6. The molecule has 3 aromatic carbocycles. The first-order valence-corrected chi connectivity index (χ1v) is 11.2. The number of benzene rings is 3. The van der Waals surface area contributed by atoms with Crippen LogP contribution in [0.1, 0.15) is 15.9 Å². The second-order valence-electron chi connectivity index (χ2n) is 7.59. The molecule has 8 heteroatoms. The Kier molecular flexibility index (Phi) is 7.48. The molecule has 0 bridgehead atoms. The lowest BCUT2D eigenvalue weighted by atomic mass is 10.0. The van der Waals surface area contributed by atoms with Gasteiger partial charge in [0, 0.05) is 22.5 Å². The topological polar surface area (TPSA) is 86.8 Å². The zero-order valence-electron chi connectivity index (χ0n) is 19.2. The van der Waals surface area contributed by atoms with Gasteiger partial charge in [-0.1, -0.05) is 48.0 Å².